The SMILES string of the molecule is CCCc1cccc(-c2nc[nH]c(=O)c2CCC)c1. The lowest BCUT2D eigenvalue weighted by Crippen LogP contribution is -2.14. The van der Waals surface area contributed by atoms with E-state index >= 15 is 0 Å². The van der Waals surface area contributed by atoms with Crippen LogP contribution >= 0.6 is 0 Å². The number of nitrogens with one attached hydrogen (secondary N) is 1. The molecule has 0 amide bonds. The first-order valence-electron chi connectivity index (χ1n) is 6.92. The molecule has 0 aliphatic rings. The van der Waals surface area contributed by atoms with Crippen LogP contribution < -0.4 is 5.56 Å². The Morgan fingerprint density at radius 1 is 1.16 bits per heavy atom. The van der Waals surface area contributed by atoms with Crippen LogP contribution in [0.3, 0.4) is 0 Å². The summed E-state index contributed by atoms with van der Waals surface area (Å²) in [4.78, 5) is 19.0. The Morgan fingerprint density at radius 3 is 2.68 bits per heavy atom. The van der Waals surface area contributed by atoms with Crippen molar-refractivity contribution in [1.29, 1.82) is 0 Å². The van der Waals surface area contributed by atoms with Gasteiger partial charge in [0.15, 0.2) is 0 Å². The van der Waals surface area contributed by atoms with Crippen molar-refractivity contribution in [2.24, 2.45) is 0 Å². The minimum atomic E-state index is -0.0206. The largest absolute Gasteiger partial charge is 0.313 e. The number of H-pyrrole nitrogens is 1. The third-order valence-corrected chi connectivity index (χ3v) is 3.19. The average Bonchev–Trinajstić information content (AvgIpc) is 2.42. The van der Waals surface area contributed by atoms with Gasteiger partial charge < -0.3 is 4.98 Å². The van der Waals surface area contributed by atoms with Crippen LogP contribution in [0.5, 0.6) is 0 Å². The van der Waals surface area contributed by atoms with Crippen molar-refractivity contribution in [3.05, 3.63) is 52.1 Å². The first kappa shape index (κ1) is 13.5. The second-order valence-electron chi connectivity index (χ2n) is 4.76. The van der Waals surface area contributed by atoms with E-state index in [9.17, 15) is 4.79 Å². The molecule has 0 aliphatic heterocycles. The van der Waals surface area contributed by atoms with Gasteiger partial charge in [0.25, 0.3) is 5.56 Å². The van der Waals surface area contributed by atoms with Gasteiger partial charge in [-0.2, -0.15) is 0 Å². The topological polar surface area (TPSA) is 45.8 Å². The van der Waals surface area contributed by atoms with Crippen LogP contribution in [0.1, 0.15) is 37.8 Å². The van der Waals surface area contributed by atoms with Crippen molar-refractivity contribution in [2.75, 3.05) is 0 Å². The quantitative estimate of drug-likeness (QED) is 0.891. The van der Waals surface area contributed by atoms with Gasteiger partial charge in [0.2, 0.25) is 0 Å². The van der Waals surface area contributed by atoms with Crippen molar-refractivity contribution in [2.45, 2.75) is 39.5 Å². The molecule has 1 aromatic carbocycles. The van der Waals surface area contributed by atoms with Crippen LogP contribution in [0.2, 0.25) is 0 Å². The molecule has 1 aromatic heterocycles. The number of benzene rings is 1. The fourth-order valence-corrected chi connectivity index (χ4v) is 2.32. The summed E-state index contributed by atoms with van der Waals surface area (Å²) in [6, 6.07) is 8.34. The normalized spacial score (nSPS) is 10.6. The van der Waals surface area contributed by atoms with E-state index in [-0.39, 0.29) is 5.56 Å². The molecule has 0 aliphatic carbocycles. The Hall–Kier alpha value is -1.90. The summed E-state index contributed by atoms with van der Waals surface area (Å²) >= 11 is 0. The third kappa shape index (κ3) is 3.11. The summed E-state index contributed by atoms with van der Waals surface area (Å²) in [5.74, 6) is 0. The molecule has 19 heavy (non-hydrogen) atoms. The van der Waals surface area contributed by atoms with Crippen LogP contribution in [-0.2, 0) is 12.8 Å². The van der Waals surface area contributed by atoms with Gasteiger partial charge in [-0.15, -0.1) is 0 Å². The van der Waals surface area contributed by atoms with Crippen molar-refractivity contribution in [1.82, 2.24) is 9.97 Å². The van der Waals surface area contributed by atoms with E-state index in [0.29, 0.717) is 0 Å². The van der Waals surface area contributed by atoms with E-state index in [2.05, 4.69) is 35.9 Å². The van der Waals surface area contributed by atoms with Gasteiger partial charge >= 0.3 is 0 Å². The summed E-state index contributed by atoms with van der Waals surface area (Å²) in [6.07, 6.45) is 5.37. The Morgan fingerprint density at radius 2 is 1.95 bits per heavy atom. The fraction of sp³-hybridized carbons (Fsp3) is 0.375. The van der Waals surface area contributed by atoms with Crippen LogP contribution in [0.15, 0.2) is 35.4 Å². The van der Waals surface area contributed by atoms with Crippen molar-refractivity contribution >= 4 is 0 Å². The average molecular weight is 256 g/mol. The predicted molar refractivity (Wildman–Crippen MR) is 78.3 cm³/mol. The summed E-state index contributed by atoms with van der Waals surface area (Å²) in [6.45, 7) is 4.24. The van der Waals surface area contributed by atoms with E-state index in [1.54, 1.807) is 0 Å². The molecule has 2 rings (SSSR count). The molecule has 1 heterocycles. The highest BCUT2D eigenvalue weighted by molar-refractivity contribution is 5.63. The molecular weight excluding hydrogens is 236 g/mol. The molecule has 3 nitrogen and oxygen atoms in total. The first-order valence-corrected chi connectivity index (χ1v) is 6.92. The lowest BCUT2D eigenvalue weighted by molar-refractivity contribution is 0.887. The maximum atomic E-state index is 11.9. The summed E-state index contributed by atoms with van der Waals surface area (Å²) in [7, 11) is 0. The maximum Gasteiger partial charge on any atom is 0.254 e. The molecule has 0 bridgehead atoms. The zero-order valence-corrected chi connectivity index (χ0v) is 11.6. The summed E-state index contributed by atoms with van der Waals surface area (Å²) in [5, 5.41) is 0. The van der Waals surface area contributed by atoms with Gasteiger partial charge in [-0.05, 0) is 24.5 Å². The number of aromatic nitrogens is 2. The third-order valence-electron chi connectivity index (χ3n) is 3.19. The minimum Gasteiger partial charge on any atom is -0.313 e. The van der Waals surface area contributed by atoms with Crippen LogP contribution in [-0.4, -0.2) is 9.97 Å². The lowest BCUT2D eigenvalue weighted by Gasteiger charge is -2.08. The number of aromatic amines is 1. The molecule has 2 aromatic rings. The number of nitrogens with zero attached hydrogens (tertiary/aromatic N) is 1. The van der Waals surface area contributed by atoms with Crippen molar-refractivity contribution in [3.63, 3.8) is 0 Å². The molecule has 0 saturated carbocycles. The minimum absolute atomic E-state index is 0.0206. The van der Waals surface area contributed by atoms with Gasteiger partial charge in [-0.3, -0.25) is 4.79 Å². The molecule has 1 N–H and O–H groups in total. The Labute approximate surface area is 113 Å². The highest BCUT2D eigenvalue weighted by atomic mass is 16.1. The number of hydrogen-bond acceptors (Lipinski definition) is 2. The smallest absolute Gasteiger partial charge is 0.254 e. The fourth-order valence-electron chi connectivity index (χ4n) is 2.32. The van der Waals surface area contributed by atoms with E-state index < -0.39 is 0 Å². The van der Waals surface area contributed by atoms with Crippen molar-refractivity contribution < 1.29 is 0 Å². The molecular formula is C16H20N2O. The molecule has 100 valence electrons. The first-order chi connectivity index (χ1) is 9.26. The number of hydrogen-bond donors (Lipinski definition) is 1. The molecule has 3 heteroatoms. The summed E-state index contributed by atoms with van der Waals surface area (Å²) < 4.78 is 0. The van der Waals surface area contributed by atoms with E-state index in [1.807, 2.05) is 12.1 Å². The Balaban J connectivity index is 2.49. The molecule has 0 unspecified atom stereocenters. The zero-order valence-electron chi connectivity index (χ0n) is 11.6. The van der Waals surface area contributed by atoms with Crippen LogP contribution in [0.4, 0.5) is 0 Å². The zero-order chi connectivity index (χ0) is 13.7. The van der Waals surface area contributed by atoms with Gasteiger partial charge in [-0.25, -0.2) is 4.98 Å². The van der Waals surface area contributed by atoms with Crippen molar-refractivity contribution in [3.8, 4) is 11.3 Å². The lowest BCUT2D eigenvalue weighted by atomic mass is 10.0. The summed E-state index contributed by atoms with van der Waals surface area (Å²) in [5.41, 5.74) is 3.93. The van der Waals surface area contributed by atoms with E-state index in [0.717, 1.165) is 42.5 Å². The maximum absolute atomic E-state index is 11.9. The molecule has 0 spiro atoms. The highest BCUT2D eigenvalue weighted by Gasteiger charge is 2.10. The van der Waals surface area contributed by atoms with Gasteiger partial charge in [-0.1, -0.05) is 44.9 Å². The standard InChI is InChI=1S/C16H20N2O/c1-3-6-12-8-5-9-13(10-12)15-14(7-4-2)16(19)18-11-17-15/h5,8-11H,3-4,6-7H2,1-2H3,(H,17,18,19). The molecule has 0 fully saturated rings. The van der Waals surface area contributed by atoms with Gasteiger partial charge in [0.1, 0.15) is 0 Å². The van der Waals surface area contributed by atoms with Crippen LogP contribution in [0.25, 0.3) is 11.3 Å². The Bertz CT molecular complexity index is 602. The second-order valence-corrected chi connectivity index (χ2v) is 4.76. The monoisotopic (exact) mass is 256 g/mol. The van der Waals surface area contributed by atoms with E-state index in [1.165, 1.54) is 11.9 Å². The second kappa shape index (κ2) is 6.32. The number of aryl methyl sites for hydroxylation is 1. The highest BCUT2D eigenvalue weighted by Crippen LogP contribution is 2.21. The van der Waals surface area contributed by atoms with Crippen LogP contribution in [0, 0.1) is 0 Å². The van der Waals surface area contributed by atoms with Gasteiger partial charge in [0.05, 0.1) is 12.0 Å². The van der Waals surface area contributed by atoms with Gasteiger partial charge in [0, 0.05) is 11.1 Å². The molecule has 0 radical (unpaired) electrons. The van der Waals surface area contributed by atoms with E-state index in [4.69, 9.17) is 0 Å². The predicted octanol–water partition coefficient (Wildman–Crippen LogP) is 3.34. The number of rotatable bonds is 5. The molecule has 0 atom stereocenters. The Kier molecular flexibility index (Phi) is 4.50. The molecule has 0 saturated heterocycles.